The van der Waals surface area contributed by atoms with Crippen molar-refractivity contribution in [3.05, 3.63) is 28.3 Å². The van der Waals surface area contributed by atoms with Crippen LogP contribution in [-0.2, 0) is 13.0 Å². The van der Waals surface area contributed by atoms with Gasteiger partial charge in [0, 0.05) is 23.6 Å². The SMILES string of the molecule is CC(O)CCCNCc1cc(Cl)cc2c1OCC2. The predicted molar refractivity (Wildman–Crippen MR) is 73.3 cm³/mol. The van der Waals surface area contributed by atoms with Crippen molar-refractivity contribution in [3.63, 3.8) is 0 Å². The molecule has 0 spiro atoms. The van der Waals surface area contributed by atoms with Crippen molar-refractivity contribution in [2.45, 2.75) is 38.8 Å². The zero-order valence-corrected chi connectivity index (χ0v) is 11.5. The molecular weight excluding hydrogens is 250 g/mol. The highest BCUT2D eigenvalue weighted by Gasteiger charge is 2.17. The van der Waals surface area contributed by atoms with Gasteiger partial charge in [0.15, 0.2) is 0 Å². The molecule has 1 heterocycles. The van der Waals surface area contributed by atoms with E-state index in [-0.39, 0.29) is 6.10 Å². The number of nitrogens with one attached hydrogen (secondary N) is 1. The third kappa shape index (κ3) is 3.61. The minimum Gasteiger partial charge on any atom is -0.493 e. The predicted octanol–water partition coefficient (Wildman–Crippen LogP) is 2.53. The van der Waals surface area contributed by atoms with E-state index in [1.54, 1.807) is 0 Å². The average molecular weight is 270 g/mol. The van der Waals surface area contributed by atoms with Crippen molar-refractivity contribution < 1.29 is 9.84 Å². The van der Waals surface area contributed by atoms with E-state index in [0.717, 1.165) is 55.3 Å². The molecule has 0 aliphatic carbocycles. The van der Waals surface area contributed by atoms with Crippen LogP contribution in [0.15, 0.2) is 12.1 Å². The van der Waals surface area contributed by atoms with E-state index in [0.29, 0.717) is 0 Å². The highest BCUT2D eigenvalue weighted by Crippen LogP contribution is 2.32. The molecule has 1 aromatic rings. The van der Waals surface area contributed by atoms with Gasteiger partial charge < -0.3 is 15.2 Å². The van der Waals surface area contributed by atoms with E-state index in [1.165, 1.54) is 5.56 Å². The molecule has 0 radical (unpaired) electrons. The maximum absolute atomic E-state index is 9.17. The summed E-state index contributed by atoms with van der Waals surface area (Å²) in [4.78, 5) is 0. The summed E-state index contributed by atoms with van der Waals surface area (Å²) in [6, 6.07) is 3.95. The fraction of sp³-hybridized carbons (Fsp3) is 0.571. The second-order valence-corrected chi connectivity index (χ2v) is 5.26. The summed E-state index contributed by atoms with van der Waals surface area (Å²) >= 11 is 6.09. The van der Waals surface area contributed by atoms with Gasteiger partial charge in [-0.1, -0.05) is 11.6 Å². The zero-order valence-electron chi connectivity index (χ0n) is 10.7. The van der Waals surface area contributed by atoms with Crippen LogP contribution in [0.2, 0.25) is 5.02 Å². The number of halogens is 1. The fourth-order valence-corrected chi connectivity index (χ4v) is 2.49. The molecule has 100 valence electrons. The van der Waals surface area contributed by atoms with Crippen LogP contribution in [0.25, 0.3) is 0 Å². The van der Waals surface area contributed by atoms with Crippen LogP contribution in [0, 0.1) is 0 Å². The molecule has 1 unspecified atom stereocenters. The van der Waals surface area contributed by atoms with Gasteiger partial charge in [0.2, 0.25) is 0 Å². The van der Waals surface area contributed by atoms with Gasteiger partial charge in [-0.25, -0.2) is 0 Å². The van der Waals surface area contributed by atoms with Gasteiger partial charge in [-0.2, -0.15) is 0 Å². The molecule has 4 heteroatoms. The van der Waals surface area contributed by atoms with Gasteiger partial charge in [-0.3, -0.25) is 0 Å². The summed E-state index contributed by atoms with van der Waals surface area (Å²) in [6.07, 6.45) is 2.54. The molecule has 2 N–H and O–H groups in total. The first-order chi connectivity index (χ1) is 8.66. The Kier molecular flexibility index (Phi) is 4.87. The largest absolute Gasteiger partial charge is 0.493 e. The van der Waals surface area contributed by atoms with E-state index < -0.39 is 0 Å². The maximum Gasteiger partial charge on any atom is 0.127 e. The first-order valence-electron chi connectivity index (χ1n) is 6.49. The highest BCUT2D eigenvalue weighted by molar-refractivity contribution is 6.30. The number of fused-ring (bicyclic) bond motifs is 1. The van der Waals surface area contributed by atoms with Gasteiger partial charge in [0.25, 0.3) is 0 Å². The van der Waals surface area contributed by atoms with Crippen LogP contribution < -0.4 is 10.1 Å². The third-order valence-electron chi connectivity index (χ3n) is 3.12. The van der Waals surface area contributed by atoms with Crippen LogP contribution in [0.5, 0.6) is 5.75 Å². The summed E-state index contributed by atoms with van der Waals surface area (Å²) in [7, 11) is 0. The van der Waals surface area contributed by atoms with Gasteiger partial charge in [0.05, 0.1) is 12.7 Å². The van der Waals surface area contributed by atoms with Crippen molar-refractivity contribution in [1.82, 2.24) is 5.32 Å². The van der Waals surface area contributed by atoms with E-state index in [1.807, 2.05) is 19.1 Å². The number of hydrogen-bond donors (Lipinski definition) is 2. The molecule has 18 heavy (non-hydrogen) atoms. The lowest BCUT2D eigenvalue weighted by atomic mass is 10.1. The molecule has 1 aromatic carbocycles. The Morgan fingerprint density at radius 1 is 1.50 bits per heavy atom. The van der Waals surface area contributed by atoms with E-state index in [2.05, 4.69) is 5.32 Å². The average Bonchev–Trinajstić information content (AvgIpc) is 2.75. The molecule has 0 saturated carbocycles. The normalized spacial score (nSPS) is 15.3. The Bertz CT molecular complexity index is 407. The molecule has 1 atom stereocenters. The summed E-state index contributed by atoms with van der Waals surface area (Å²) in [5, 5.41) is 13.3. The van der Waals surface area contributed by atoms with E-state index in [9.17, 15) is 0 Å². The Hall–Kier alpha value is -0.770. The number of ether oxygens (including phenoxy) is 1. The smallest absolute Gasteiger partial charge is 0.127 e. The summed E-state index contributed by atoms with van der Waals surface area (Å²) in [5.74, 6) is 1.00. The molecule has 0 saturated heterocycles. The number of aliphatic hydroxyl groups is 1. The minimum absolute atomic E-state index is 0.217. The maximum atomic E-state index is 9.17. The zero-order chi connectivity index (χ0) is 13.0. The monoisotopic (exact) mass is 269 g/mol. The molecule has 0 amide bonds. The summed E-state index contributed by atoms with van der Waals surface area (Å²) in [6.45, 7) is 4.23. The lowest BCUT2D eigenvalue weighted by molar-refractivity contribution is 0.181. The number of aliphatic hydroxyl groups excluding tert-OH is 1. The molecule has 1 aliphatic rings. The Morgan fingerprint density at radius 3 is 3.11 bits per heavy atom. The number of rotatable bonds is 6. The molecule has 1 aliphatic heterocycles. The van der Waals surface area contributed by atoms with Gasteiger partial charge in [-0.15, -0.1) is 0 Å². The minimum atomic E-state index is -0.217. The van der Waals surface area contributed by atoms with Crippen LogP contribution >= 0.6 is 11.6 Å². The van der Waals surface area contributed by atoms with Crippen LogP contribution in [0.1, 0.15) is 30.9 Å². The highest BCUT2D eigenvalue weighted by atomic mass is 35.5. The van der Waals surface area contributed by atoms with Crippen LogP contribution in [-0.4, -0.2) is 24.4 Å². The molecule has 3 nitrogen and oxygen atoms in total. The Morgan fingerprint density at radius 2 is 2.33 bits per heavy atom. The first kappa shape index (κ1) is 13.7. The molecule has 0 bridgehead atoms. The second-order valence-electron chi connectivity index (χ2n) is 4.82. The van der Waals surface area contributed by atoms with Gasteiger partial charge in [0.1, 0.15) is 5.75 Å². The van der Waals surface area contributed by atoms with E-state index >= 15 is 0 Å². The Balaban J connectivity index is 1.86. The quantitative estimate of drug-likeness (QED) is 0.780. The first-order valence-corrected chi connectivity index (χ1v) is 6.87. The second kappa shape index (κ2) is 6.41. The van der Waals surface area contributed by atoms with Crippen molar-refractivity contribution >= 4 is 11.6 Å². The van der Waals surface area contributed by atoms with Gasteiger partial charge in [-0.05, 0) is 44.0 Å². The number of benzene rings is 1. The van der Waals surface area contributed by atoms with Crippen molar-refractivity contribution in [3.8, 4) is 5.75 Å². The topological polar surface area (TPSA) is 41.5 Å². The lowest BCUT2D eigenvalue weighted by Crippen LogP contribution is -2.16. The molecular formula is C14H20ClNO2. The summed E-state index contributed by atoms with van der Waals surface area (Å²) < 4.78 is 5.64. The van der Waals surface area contributed by atoms with Gasteiger partial charge >= 0.3 is 0 Å². The number of hydrogen-bond acceptors (Lipinski definition) is 3. The van der Waals surface area contributed by atoms with Crippen LogP contribution in [0.4, 0.5) is 0 Å². The molecule has 0 fully saturated rings. The van der Waals surface area contributed by atoms with E-state index in [4.69, 9.17) is 21.4 Å². The molecule has 0 aromatic heterocycles. The van der Waals surface area contributed by atoms with Crippen molar-refractivity contribution in [1.29, 1.82) is 0 Å². The third-order valence-corrected chi connectivity index (χ3v) is 3.33. The Labute approximate surface area is 113 Å². The summed E-state index contributed by atoms with van der Waals surface area (Å²) in [5.41, 5.74) is 2.34. The molecule has 2 rings (SSSR count). The van der Waals surface area contributed by atoms with Crippen LogP contribution in [0.3, 0.4) is 0 Å². The van der Waals surface area contributed by atoms with Crippen molar-refractivity contribution in [2.75, 3.05) is 13.2 Å². The van der Waals surface area contributed by atoms with Crippen molar-refractivity contribution in [2.24, 2.45) is 0 Å². The lowest BCUT2D eigenvalue weighted by Gasteiger charge is -2.10. The fourth-order valence-electron chi connectivity index (χ4n) is 2.22. The standard InChI is InChI=1S/C14H20ClNO2/c1-10(17)3-2-5-16-9-12-8-13(15)7-11-4-6-18-14(11)12/h7-8,10,16-17H,2-6,9H2,1H3.